The molecule has 0 aromatic carbocycles. The minimum atomic E-state index is -1.23. The van der Waals surface area contributed by atoms with E-state index in [4.69, 9.17) is 24.1 Å². The first-order valence-corrected chi connectivity index (χ1v) is 22.4. The second kappa shape index (κ2) is 39.6. The Morgan fingerprint density at radius 3 is 1.26 bits per heavy atom. The summed E-state index contributed by atoms with van der Waals surface area (Å²) >= 11 is 0. The quantitative estimate of drug-likeness (QED) is 0.0431. The number of carboxylic acid groups (broad SMARTS) is 3. The van der Waals surface area contributed by atoms with E-state index in [2.05, 4.69) is 21.3 Å². The first-order valence-electron chi connectivity index (χ1n) is 22.4. The van der Waals surface area contributed by atoms with E-state index in [1.165, 1.54) is 38.5 Å². The van der Waals surface area contributed by atoms with Crippen molar-refractivity contribution in [1.29, 1.82) is 0 Å². The molecule has 0 aromatic heterocycles. The van der Waals surface area contributed by atoms with Crippen LogP contribution in [0.5, 0.6) is 0 Å². The van der Waals surface area contributed by atoms with Crippen LogP contribution in [0.3, 0.4) is 0 Å². The van der Waals surface area contributed by atoms with E-state index in [-0.39, 0.29) is 134 Å². The molecule has 19 heteroatoms. The Kier molecular flexibility index (Phi) is 36.9. The monoisotopic (exact) mass is 889 g/mol. The summed E-state index contributed by atoms with van der Waals surface area (Å²) < 4.78 is 21.1. The molecule has 0 bridgehead atoms. The molecule has 0 fully saturated rings. The van der Waals surface area contributed by atoms with E-state index in [0.717, 1.165) is 44.9 Å². The summed E-state index contributed by atoms with van der Waals surface area (Å²) in [5, 5.41) is 37.5. The van der Waals surface area contributed by atoms with Crippen molar-refractivity contribution in [2.24, 2.45) is 5.92 Å². The molecule has 2 atom stereocenters. The maximum absolute atomic E-state index is 12.3. The molecule has 358 valence electrons. The summed E-state index contributed by atoms with van der Waals surface area (Å²) in [6.07, 6.45) is 15.4. The Morgan fingerprint density at radius 2 is 0.806 bits per heavy atom. The van der Waals surface area contributed by atoms with E-state index in [9.17, 15) is 48.6 Å². The van der Waals surface area contributed by atoms with Crippen molar-refractivity contribution in [3.63, 3.8) is 0 Å². The molecule has 0 radical (unpaired) electrons. The van der Waals surface area contributed by atoms with Gasteiger partial charge in [-0.3, -0.25) is 28.8 Å². The number of hydrogen-bond donors (Lipinski definition) is 7. The number of nitrogens with one attached hydrogen (secondary N) is 4. The summed E-state index contributed by atoms with van der Waals surface area (Å²) in [5.74, 6) is -5.15. The zero-order valence-corrected chi connectivity index (χ0v) is 37.2. The van der Waals surface area contributed by atoms with Crippen LogP contribution in [0.2, 0.25) is 0 Å². The second-order valence-electron chi connectivity index (χ2n) is 15.5. The molecule has 0 rings (SSSR count). The number of carbonyl (C=O) groups is 8. The van der Waals surface area contributed by atoms with Crippen LogP contribution in [0.1, 0.15) is 142 Å². The highest BCUT2D eigenvalue weighted by Crippen LogP contribution is 2.14. The van der Waals surface area contributed by atoms with Gasteiger partial charge in [-0.05, 0) is 25.7 Å². The molecule has 62 heavy (non-hydrogen) atoms. The van der Waals surface area contributed by atoms with E-state index in [1.54, 1.807) is 13.8 Å². The maximum atomic E-state index is 12.3. The molecule has 0 aliphatic rings. The minimum Gasteiger partial charge on any atom is -0.481 e. The van der Waals surface area contributed by atoms with E-state index in [1.807, 2.05) is 0 Å². The van der Waals surface area contributed by atoms with Gasteiger partial charge in [-0.1, -0.05) is 90.9 Å². The van der Waals surface area contributed by atoms with Crippen LogP contribution in [0, 0.1) is 5.92 Å². The molecular formula is C43H76N4O15. The predicted octanol–water partition coefficient (Wildman–Crippen LogP) is 3.54. The standard InChI is InChI=1S/C43H76N4O15/c1-33(2)36(48)21-19-34(42(55)56)47-40(52)32-62-30-28-60-26-24-45-39(51)31-61-29-27-59-25-23-44-37(49)22-20-35(43(57)58)46-38(50)17-15-13-11-9-7-5-3-4-6-8-10-12-14-16-18-41(53)54/h33-35H,3-32H2,1-2H3,(H,44,49)(H,45,51)(H,46,50)(H,47,52)(H,53,54)(H,55,56)(H,57,58)/t34-,35-/m0/s1. The zero-order valence-electron chi connectivity index (χ0n) is 37.2. The molecule has 0 heterocycles. The van der Waals surface area contributed by atoms with Gasteiger partial charge in [-0.15, -0.1) is 0 Å². The van der Waals surface area contributed by atoms with Gasteiger partial charge in [0.1, 0.15) is 31.1 Å². The Bertz CT molecular complexity index is 1280. The summed E-state index contributed by atoms with van der Waals surface area (Å²) in [5.41, 5.74) is 0. The van der Waals surface area contributed by atoms with Crippen molar-refractivity contribution < 1.29 is 72.6 Å². The van der Waals surface area contributed by atoms with Gasteiger partial charge >= 0.3 is 17.9 Å². The second-order valence-corrected chi connectivity index (χ2v) is 15.5. The molecule has 4 amide bonds. The molecule has 7 N–H and O–H groups in total. The highest BCUT2D eigenvalue weighted by Gasteiger charge is 2.22. The summed E-state index contributed by atoms with van der Waals surface area (Å²) in [6.45, 7) is 4.13. The number of rotatable bonds is 44. The van der Waals surface area contributed by atoms with Gasteiger partial charge in [-0.2, -0.15) is 0 Å². The maximum Gasteiger partial charge on any atom is 0.326 e. The normalized spacial score (nSPS) is 12.0. The van der Waals surface area contributed by atoms with Crippen molar-refractivity contribution in [2.75, 3.05) is 65.9 Å². The van der Waals surface area contributed by atoms with Crippen LogP contribution in [0.25, 0.3) is 0 Å². The van der Waals surface area contributed by atoms with Gasteiger partial charge in [0.25, 0.3) is 0 Å². The fourth-order valence-corrected chi connectivity index (χ4v) is 5.99. The van der Waals surface area contributed by atoms with Crippen LogP contribution in [-0.4, -0.2) is 141 Å². The highest BCUT2D eigenvalue weighted by molar-refractivity contribution is 5.86. The molecule has 0 aliphatic carbocycles. The van der Waals surface area contributed by atoms with Crippen molar-refractivity contribution in [3.05, 3.63) is 0 Å². The van der Waals surface area contributed by atoms with Crippen LogP contribution >= 0.6 is 0 Å². The van der Waals surface area contributed by atoms with Gasteiger partial charge in [0, 0.05) is 44.7 Å². The number of Topliss-reactive ketones (excluding diaryl/α,β-unsaturated/α-hetero) is 1. The van der Waals surface area contributed by atoms with Gasteiger partial charge in [0.15, 0.2) is 0 Å². The largest absolute Gasteiger partial charge is 0.481 e. The molecule has 0 saturated heterocycles. The van der Waals surface area contributed by atoms with E-state index in [0.29, 0.717) is 6.42 Å². The lowest BCUT2D eigenvalue weighted by Gasteiger charge is -2.15. The number of unbranched alkanes of at least 4 members (excludes halogenated alkanes) is 13. The Morgan fingerprint density at radius 1 is 0.419 bits per heavy atom. The predicted molar refractivity (Wildman–Crippen MR) is 228 cm³/mol. The number of ketones is 1. The number of carbonyl (C=O) groups excluding carboxylic acids is 5. The number of amides is 4. The van der Waals surface area contributed by atoms with Crippen molar-refractivity contribution >= 4 is 47.3 Å². The number of carboxylic acids is 3. The van der Waals surface area contributed by atoms with Gasteiger partial charge in [0.05, 0.1) is 39.6 Å². The van der Waals surface area contributed by atoms with E-state index >= 15 is 0 Å². The van der Waals surface area contributed by atoms with Crippen LogP contribution < -0.4 is 21.3 Å². The fourth-order valence-electron chi connectivity index (χ4n) is 5.99. The van der Waals surface area contributed by atoms with Crippen molar-refractivity contribution in [3.8, 4) is 0 Å². The van der Waals surface area contributed by atoms with Gasteiger partial charge in [-0.25, -0.2) is 9.59 Å². The zero-order chi connectivity index (χ0) is 46.2. The minimum absolute atomic E-state index is 0.00699. The first kappa shape index (κ1) is 57.8. The number of hydrogen-bond acceptors (Lipinski definition) is 12. The molecule has 0 aromatic rings. The fraction of sp³-hybridized carbons (Fsp3) is 0.814. The molecule has 19 nitrogen and oxygen atoms in total. The highest BCUT2D eigenvalue weighted by atomic mass is 16.5. The Balaban J connectivity index is 3.75. The third-order valence-electron chi connectivity index (χ3n) is 9.64. The van der Waals surface area contributed by atoms with Gasteiger partial charge in [0.2, 0.25) is 23.6 Å². The molecule has 0 unspecified atom stereocenters. The lowest BCUT2D eigenvalue weighted by atomic mass is 10.0. The summed E-state index contributed by atoms with van der Waals surface area (Å²) in [6, 6.07) is -2.34. The lowest BCUT2D eigenvalue weighted by Crippen LogP contribution is -2.43. The average molecular weight is 889 g/mol. The Labute approximate surface area is 366 Å². The molecule has 0 spiro atoms. The summed E-state index contributed by atoms with van der Waals surface area (Å²) in [4.78, 5) is 93.7. The molecule has 0 saturated carbocycles. The Hall–Kier alpha value is -4.20. The third-order valence-corrected chi connectivity index (χ3v) is 9.64. The van der Waals surface area contributed by atoms with Crippen molar-refractivity contribution in [1.82, 2.24) is 21.3 Å². The third kappa shape index (κ3) is 37.6. The first-order chi connectivity index (χ1) is 29.7. The number of aliphatic carboxylic acids is 3. The van der Waals surface area contributed by atoms with Crippen molar-refractivity contribution in [2.45, 2.75) is 154 Å². The summed E-state index contributed by atoms with van der Waals surface area (Å²) in [7, 11) is 0. The van der Waals surface area contributed by atoms with Gasteiger partial charge < -0.3 is 55.5 Å². The van der Waals surface area contributed by atoms with E-state index < -0.39 is 35.9 Å². The average Bonchev–Trinajstić information content (AvgIpc) is 3.22. The van der Waals surface area contributed by atoms with Crippen LogP contribution in [0.4, 0.5) is 0 Å². The van der Waals surface area contributed by atoms with Crippen LogP contribution in [0.15, 0.2) is 0 Å². The number of ether oxygens (including phenoxy) is 4. The molecular weight excluding hydrogens is 812 g/mol. The topological polar surface area (TPSA) is 282 Å². The SMILES string of the molecule is CC(C)C(=O)CC[C@H](NC(=O)COCCOCCNC(=O)COCCOCCNC(=O)CC[C@H](NC(=O)CCCCCCCCCCCCCCCCC(=O)O)C(=O)O)C(=O)O. The smallest absolute Gasteiger partial charge is 0.326 e. The molecule has 0 aliphatic heterocycles. The lowest BCUT2D eigenvalue weighted by molar-refractivity contribution is -0.143. The van der Waals surface area contributed by atoms with Crippen LogP contribution in [-0.2, 0) is 57.3 Å².